The molecule has 0 saturated carbocycles. The van der Waals surface area contributed by atoms with E-state index in [1.165, 1.54) is 44.5 Å². The third-order valence-corrected chi connectivity index (χ3v) is 5.61. The van der Waals surface area contributed by atoms with Gasteiger partial charge in [0, 0.05) is 31.4 Å². The molecule has 2 aliphatic rings. The predicted octanol–water partition coefficient (Wildman–Crippen LogP) is 1.53. The minimum atomic E-state index is 0.395. The fraction of sp³-hybridized carbons (Fsp3) is 0.929. The molecule has 1 unspecified atom stereocenters. The summed E-state index contributed by atoms with van der Waals surface area (Å²) >= 11 is 2.09. The van der Waals surface area contributed by atoms with Crippen molar-refractivity contribution in [3.63, 3.8) is 0 Å². The molecule has 1 atom stereocenters. The van der Waals surface area contributed by atoms with Gasteiger partial charge < -0.3 is 15.5 Å². The second-order valence-electron chi connectivity index (χ2n) is 5.80. The standard InChI is InChI=1S/C14H28N4S/c1-14(6-5-11-19-14)12-17-13(15-2)16-7-10-18-8-3-4-9-18/h3-12H2,1-2H3,(H2,15,16,17). The highest BCUT2D eigenvalue weighted by molar-refractivity contribution is 8.00. The van der Waals surface area contributed by atoms with Gasteiger partial charge in [0.2, 0.25) is 0 Å². The highest BCUT2D eigenvalue weighted by atomic mass is 32.2. The molecule has 0 spiro atoms. The van der Waals surface area contributed by atoms with Crippen molar-refractivity contribution in [2.75, 3.05) is 45.5 Å². The Kier molecular flexibility index (Phi) is 5.82. The first-order valence-electron chi connectivity index (χ1n) is 7.53. The van der Waals surface area contributed by atoms with Crippen molar-refractivity contribution in [2.45, 2.75) is 37.4 Å². The molecule has 2 N–H and O–H groups in total. The molecule has 19 heavy (non-hydrogen) atoms. The monoisotopic (exact) mass is 284 g/mol. The van der Waals surface area contributed by atoms with Crippen molar-refractivity contribution in [3.05, 3.63) is 0 Å². The summed E-state index contributed by atoms with van der Waals surface area (Å²) in [5.74, 6) is 2.26. The molecule has 0 radical (unpaired) electrons. The summed E-state index contributed by atoms with van der Waals surface area (Å²) in [5, 5.41) is 6.90. The molecule has 110 valence electrons. The normalized spacial score (nSPS) is 28.8. The third kappa shape index (κ3) is 4.88. The Hall–Kier alpha value is -0.420. The number of rotatable bonds is 5. The average molecular weight is 284 g/mol. The molecular weight excluding hydrogens is 256 g/mol. The van der Waals surface area contributed by atoms with Gasteiger partial charge in [0.25, 0.3) is 0 Å². The molecule has 2 aliphatic heterocycles. The highest BCUT2D eigenvalue weighted by Gasteiger charge is 2.29. The zero-order valence-electron chi connectivity index (χ0n) is 12.4. The van der Waals surface area contributed by atoms with Crippen LogP contribution in [0.3, 0.4) is 0 Å². The molecule has 2 rings (SSSR count). The van der Waals surface area contributed by atoms with E-state index in [2.05, 4.69) is 39.2 Å². The summed E-state index contributed by atoms with van der Waals surface area (Å²) in [6.45, 7) is 8.03. The van der Waals surface area contributed by atoms with Gasteiger partial charge in [-0.05, 0) is 51.4 Å². The van der Waals surface area contributed by atoms with Gasteiger partial charge in [-0.3, -0.25) is 4.99 Å². The Morgan fingerprint density at radius 2 is 2.05 bits per heavy atom. The molecule has 5 heteroatoms. The van der Waals surface area contributed by atoms with Crippen molar-refractivity contribution in [1.29, 1.82) is 0 Å². The largest absolute Gasteiger partial charge is 0.355 e. The van der Waals surface area contributed by atoms with E-state index < -0.39 is 0 Å². The number of thioether (sulfide) groups is 1. The number of likely N-dealkylation sites (tertiary alicyclic amines) is 1. The van der Waals surface area contributed by atoms with Crippen molar-refractivity contribution < 1.29 is 0 Å². The van der Waals surface area contributed by atoms with E-state index in [1.54, 1.807) is 0 Å². The maximum atomic E-state index is 4.31. The molecule has 2 heterocycles. The zero-order valence-corrected chi connectivity index (χ0v) is 13.2. The maximum Gasteiger partial charge on any atom is 0.191 e. The van der Waals surface area contributed by atoms with Crippen molar-refractivity contribution in [2.24, 2.45) is 4.99 Å². The van der Waals surface area contributed by atoms with Crippen LogP contribution >= 0.6 is 11.8 Å². The average Bonchev–Trinajstić information content (AvgIpc) is 3.06. The molecule has 0 aromatic heterocycles. The highest BCUT2D eigenvalue weighted by Crippen LogP contribution is 2.36. The van der Waals surface area contributed by atoms with Gasteiger partial charge in [0.05, 0.1) is 0 Å². The van der Waals surface area contributed by atoms with Crippen LogP contribution in [0, 0.1) is 0 Å². The quantitative estimate of drug-likeness (QED) is 0.593. The van der Waals surface area contributed by atoms with Crippen molar-refractivity contribution in [3.8, 4) is 0 Å². The smallest absolute Gasteiger partial charge is 0.191 e. The Balaban J connectivity index is 1.62. The summed E-state index contributed by atoms with van der Waals surface area (Å²) in [6.07, 6.45) is 5.39. The molecule has 0 aromatic rings. The van der Waals surface area contributed by atoms with E-state index >= 15 is 0 Å². The zero-order chi connectivity index (χ0) is 13.6. The fourth-order valence-electron chi connectivity index (χ4n) is 2.81. The van der Waals surface area contributed by atoms with Gasteiger partial charge in [0.1, 0.15) is 0 Å². The fourth-order valence-corrected chi connectivity index (χ4v) is 4.05. The summed E-state index contributed by atoms with van der Waals surface area (Å²) < 4.78 is 0.395. The van der Waals surface area contributed by atoms with Crippen LogP contribution < -0.4 is 10.6 Å². The molecule has 0 amide bonds. The van der Waals surface area contributed by atoms with Crippen LogP contribution in [-0.2, 0) is 0 Å². The lowest BCUT2D eigenvalue weighted by atomic mass is 10.1. The molecule has 4 nitrogen and oxygen atoms in total. The topological polar surface area (TPSA) is 39.7 Å². The van der Waals surface area contributed by atoms with Crippen LogP contribution in [0.2, 0.25) is 0 Å². The van der Waals surface area contributed by atoms with Gasteiger partial charge in [-0.25, -0.2) is 0 Å². The van der Waals surface area contributed by atoms with Crippen LogP contribution in [0.5, 0.6) is 0 Å². The van der Waals surface area contributed by atoms with Crippen molar-refractivity contribution in [1.82, 2.24) is 15.5 Å². The number of aliphatic imine (C=N–C) groups is 1. The van der Waals surface area contributed by atoms with Crippen LogP contribution in [0.4, 0.5) is 0 Å². The van der Waals surface area contributed by atoms with Gasteiger partial charge in [0.15, 0.2) is 5.96 Å². The van der Waals surface area contributed by atoms with E-state index in [1.807, 2.05) is 7.05 Å². The molecule has 2 fully saturated rings. The SMILES string of the molecule is CN=C(NCCN1CCCC1)NCC1(C)CCCS1. The first-order chi connectivity index (χ1) is 9.22. The minimum Gasteiger partial charge on any atom is -0.355 e. The third-order valence-electron chi connectivity index (χ3n) is 4.07. The van der Waals surface area contributed by atoms with Crippen LogP contribution in [0.25, 0.3) is 0 Å². The summed E-state index contributed by atoms with van der Waals surface area (Å²) in [4.78, 5) is 6.83. The molecule has 0 aliphatic carbocycles. The van der Waals surface area contributed by atoms with E-state index in [9.17, 15) is 0 Å². The predicted molar refractivity (Wildman–Crippen MR) is 85.1 cm³/mol. The lowest BCUT2D eigenvalue weighted by Crippen LogP contribution is -2.45. The summed E-state index contributed by atoms with van der Waals surface area (Å²) in [7, 11) is 1.86. The van der Waals surface area contributed by atoms with E-state index in [0.717, 1.165) is 25.6 Å². The minimum absolute atomic E-state index is 0.395. The molecule has 0 bridgehead atoms. The lowest BCUT2D eigenvalue weighted by molar-refractivity contribution is 0.343. The first kappa shape index (κ1) is 15.0. The molecule has 0 aromatic carbocycles. The Bertz CT molecular complexity index is 294. The Morgan fingerprint density at radius 3 is 2.68 bits per heavy atom. The first-order valence-corrected chi connectivity index (χ1v) is 8.51. The molecular formula is C14H28N4S. The second-order valence-corrected chi connectivity index (χ2v) is 7.49. The lowest BCUT2D eigenvalue weighted by Gasteiger charge is -2.24. The van der Waals surface area contributed by atoms with E-state index in [-0.39, 0.29) is 0 Å². The van der Waals surface area contributed by atoms with Gasteiger partial charge in [-0.2, -0.15) is 11.8 Å². The number of guanidine groups is 1. The Labute approximate surface area is 121 Å². The van der Waals surface area contributed by atoms with E-state index in [0.29, 0.717) is 4.75 Å². The number of nitrogens with one attached hydrogen (secondary N) is 2. The van der Waals surface area contributed by atoms with E-state index in [4.69, 9.17) is 0 Å². The number of hydrogen-bond donors (Lipinski definition) is 2. The maximum absolute atomic E-state index is 4.31. The van der Waals surface area contributed by atoms with Crippen LogP contribution in [0.15, 0.2) is 4.99 Å². The number of hydrogen-bond acceptors (Lipinski definition) is 3. The van der Waals surface area contributed by atoms with Gasteiger partial charge in [-0.15, -0.1) is 0 Å². The summed E-state index contributed by atoms with van der Waals surface area (Å²) in [5.41, 5.74) is 0. The van der Waals surface area contributed by atoms with Gasteiger partial charge in [-0.1, -0.05) is 0 Å². The van der Waals surface area contributed by atoms with Crippen molar-refractivity contribution >= 4 is 17.7 Å². The molecule has 2 saturated heterocycles. The van der Waals surface area contributed by atoms with Crippen LogP contribution in [-0.4, -0.2) is 61.1 Å². The summed E-state index contributed by atoms with van der Waals surface area (Å²) in [6, 6.07) is 0. The Morgan fingerprint density at radius 1 is 1.26 bits per heavy atom. The second kappa shape index (κ2) is 7.39. The van der Waals surface area contributed by atoms with Crippen LogP contribution in [0.1, 0.15) is 32.6 Å². The van der Waals surface area contributed by atoms with Gasteiger partial charge >= 0.3 is 0 Å². The number of nitrogens with zero attached hydrogens (tertiary/aromatic N) is 2.